The highest BCUT2D eigenvalue weighted by Crippen LogP contribution is 2.27. The van der Waals surface area contributed by atoms with Gasteiger partial charge in [-0.1, -0.05) is 36.4 Å². The molecule has 1 aromatic carbocycles. The highest BCUT2D eigenvalue weighted by atomic mass is 32.1. The minimum Gasteiger partial charge on any atom is -0.465 e. The van der Waals surface area contributed by atoms with Crippen molar-refractivity contribution in [1.29, 1.82) is 0 Å². The molecule has 2 N–H and O–H groups in total. The van der Waals surface area contributed by atoms with E-state index in [9.17, 15) is 4.79 Å². The molecule has 0 spiro atoms. The molecule has 3 nitrogen and oxygen atoms in total. The number of ether oxygens (including phenoxy) is 1. The van der Waals surface area contributed by atoms with Crippen LogP contribution in [-0.2, 0) is 4.74 Å². The molecule has 0 aliphatic carbocycles. The van der Waals surface area contributed by atoms with Gasteiger partial charge in [-0.2, -0.15) is 0 Å². The van der Waals surface area contributed by atoms with Crippen LogP contribution in [0.2, 0.25) is 0 Å². The number of esters is 1. The van der Waals surface area contributed by atoms with Gasteiger partial charge in [-0.05, 0) is 17.7 Å². The molecule has 1 heterocycles. The molecule has 0 unspecified atom stereocenters. The quantitative estimate of drug-likeness (QED) is 0.860. The lowest BCUT2D eigenvalue weighted by Gasteiger charge is -1.92. The average Bonchev–Trinajstić information content (AvgIpc) is 2.78. The van der Waals surface area contributed by atoms with Gasteiger partial charge in [-0.3, -0.25) is 0 Å². The fraction of sp³-hybridized carbons (Fsp3) is 0.0714. The Morgan fingerprint density at radius 1 is 1.28 bits per heavy atom. The van der Waals surface area contributed by atoms with Gasteiger partial charge in [-0.25, -0.2) is 4.79 Å². The standard InChI is InChI=1S/C14H13NO2S/c1-17-14(16)13-9-11(15)12(18-13)8-7-10-5-3-2-4-6-10/h2-9H,15H2,1H3/b8-7+. The molecule has 18 heavy (non-hydrogen) atoms. The maximum absolute atomic E-state index is 11.4. The molecule has 4 heteroatoms. The molecule has 0 saturated heterocycles. The molecule has 0 radical (unpaired) electrons. The molecule has 0 amide bonds. The summed E-state index contributed by atoms with van der Waals surface area (Å²) in [6.07, 6.45) is 3.87. The lowest BCUT2D eigenvalue weighted by atomic mass is 10.2. The van der Waals surface area contributed by atoms with Crippen molar-refractivity contribution in [2.45, 2.75) is 0 Å². The molecule has 92 valence electrons. The van der Waals surface area contributed by atoms with Crippen LogP contribution in [0, 0.1) is 0 Å². The van der Waals surface area contributed by atoms with Crippen LogP contribution in [0.3, 0.4) is 0 Å². The van der Waals surface area contributed by atoms with Crippen molar-refractivity contribution in [2.75, 3.05) is 12.8 Å². The highest BCUT2D eigenvalue weighted by Gasteiger charge is 2.11. The van der Waals surface area contributed by atoms with Gasteiger partial charge in [0.2, 0.25) is 0 Å². The second-order valence-corrected chi connectivity index (χ2v) is 4.75. The van der Waals surface area contributed by atoms with Crippen molar-refractivity contribution in [3.05, 3.63) is 51.7 Å². The predicted molar refractivity (Wildman–Crippen MR) is 75.4 cm³/mol. The van der Waals surface area contributed by atoms with Crippen LogP contribution in [0.15, 0.2) is 36.4 Å². The van der Waals surface area contributed by atoms with Crippen molar-refractivity contribution in [2.24, 2.45) is 0 Å². The third-order valence-corrected chi connectivity index (χ3v) is 3.50. The molecule has 0 fully saturated rings. The Morgan fingerprint density at radius 2 is 2.00 bits per heavy atom. The number of thiophene rings is 1. The second-order valence-electron chi connectivity index (χ2n) is 3.67. The van der Waals surface area contributed by atoms with Crippen LogP contribution in [0.5, 0.6) is 0 Å². The van der Waals surface area contributed by atoms with Crippen LogP contribution >= 0.6 is 11.3 Å². The maximum atomic E-state index is 11.4. The first-order valence-corrected chi connectivity index (χ1v) is 6.23. The highest BCUT2D eigenvalue weighted by molar-refractivity contribution is 7.15. The first-order chi connectivity index (χ1) is 8.70. The summed E-state index contributed by atoms with van der Waals surface area (Å²) in [6, 6.07) is 11.5. The van der Waals surface area contributed by atoms with E-state index in [4.69, 9.17) is 5.73 Å². The zero-order chi connectivity index (χ0) is 13.0. The molecule has 1 aromatic heterocycles. The Bertz CT molecular complexity index is 573. The lowest BCUT2D eigenvalue weighted by molar-refractivity contribution is 0.0606. The number of carbonyl (C=O) groups is 1. The molecule has 0 atom stereocenters. The summed E-state index contributed by atoms with van der Waals surface area (Å²) in [5.74, 6) is -0.355. The van der Waals surface area contributed by atoms with Crippen LogP contribution in [0.25, 0.3) is 12.2 Å². The molecule has 2 aromatic rings. The number of nitrogens with two attached hydrogens (primary N) is 1. The van der Waals surface area contributed by atoms with E-state index in [2.05, 4.69) is 4.74 Å². The summed E-state index contributed by atoms with van der Waals surface area (Å²) in [4.78, 5) is 12.7. The number of anilines is 1. The molecule has 0 bridgehead atoms. The number of methoxy groups -OCH3 is 1. The summed E-state index contributed by atoms with van der Waals surface area (Å²) in [7, 11) is 1.36. The van der Waals surface area contributed by atoms with Gasteiger partial charge in [0.15, 0.2) is 0 Å². The summed E-state index contributed by atoms with van der Waals surface area (Å²) in [5.41, 5.74) is 7.53. The normalized spacial score (nSPS) is 10.7. The fourth-order valence-corrected chi connectivity index (χ4v) is 2.39. The molecule has 2 rings (SSSR count). The number of benzene rings is 1. The zero-order valence-electron chi connectivity index (χ0n) is 9.92. The van der Waals surface area contributed by atoms with Crippen molar-refractivity contribution in [3.63, 3.8) is 0 Å². The van der Waals surface area contributed by atoms with Crippen LogP contribution in [-0.4, -0.2) is 13.1 Å². The van der Waals surface area contributed by atoms with Gasteiger partial charge in [0.1, 0.15) is 4.88 Å². The molecule has 0 saturated carbocycles. The van der Waals surface area contributed by atoms with Crippen LogP contribution in [0.4, 0.5) is 5.69 Å². The van der Waals surface area contributed by atoms with E-state index >= 15 is 0 Å². The van der Waals surface area contributed by atoms with Gasteiger partial charge < -0.3 is 10.5 Å². The van der Waals surface area contributed by atoms with E-state index in [1.165, 1.54) is 18.4 Å². The van der Waals surface area contributed by atoms with Crippen molar-refractivity contribution in [1.82, 2.24) is 0 Å². The Balaban J connectivity index is 2.22. The molecule has 0 aliphatic heterocycles. The van der Waals surface area contributed by atoms with E-state index < -0.39 is 0 Å². The third-order valence-electron chi connectivity index (χ3n) is 2.40. The van der Waals surface area contributed by atoms with Crippen molar-refractivity contribution >= 4 is 35.1 Å². The Labute approximate surface area is 110 Å². The first-order valence-electron chi connectivity index (χ1n) is 5.41. The zero-order valence-corrected chi connectivity index (χ0v) is 10.7. The van der Waals surface area contributed by atoms with Gasteiger partial charge in [0.25, 0.3) is 0 Å². The lowest BCUT2D eigenvalue weighted by Crippen LogP contribution is -1.97. The van der Waals surface area contributed by atoms with E-state index in [0.29, 0.717) is 10.6 Å². The minimum absolute atomic E-state index is 0.355. The van der Waals surface area contributed by atoms with Crippen LogP contribution in [0.1, 0.15) is 20.1 Å². The van der Waals surface area contributed by atoms with Crippen molar-refractivity contribution in [3.8, 4) is 0 Å². The molecule has 0 aliphatic rings. The van der Waals surface area contributed by atoms with E-state index in [1.807, 2.05) is 42.5 Å². The van der Waals surface area contributed by atoms with Gasteiger partial charge in [-0.15, -0.1) is 11.3 Å². The fourth-order valence-electron chi connectivity index (χ4n) is 1.49. The predicted octanol–water partition coefficient (Wildman–Crippen LogP) is 3.29. The molecular formula is C14H13NO2S. The SMILES string of the molecule is COC(=O)c1cc(N)c(/C=C/c2ccccc2)s1. The monoisotopic (exact) mass is 259 g/mol. The summed E-state index contributed by atoms with van der Waals surface area (Å²) < 4.78 is 4.66. The van der Waals surface area contributed by atoms with Gasteiger partial charge in [0.05, 0.1) is 17.7 Å². The van der Waals surface area contributed by atoms with Gasteiger partial charge >= 0.3 is 5.97 Å². The summed E-state index contributed by atoms with van der Waals surface area (Å²) >= 11 is 1.33. The second kappa shape index (κ2) is 5.51. The number of rotatable bonds is 3. The average molecular weight is 259 g/mol. The summed E-state index contributed by atoms with van der Waals surface area (Å²) in [5, 5.41) is 0. The Kier molecular flexibility index (Phi) is 3.79. The van der Waals surface area contributed by atoms with E-state index in [-0.39, 0.29) is 5.97 Å². The smallest absolute Gasteiger partial charge is 0.348 e. The Morgan fingerprint density at radius 3 is 2.67 bits per heavy atom. The van der Waals surface area contributed by atoms with Crippen LogP contribution < -0.4 is 5.73 Å². The largest absolute Gasteiger partial charge is 0.465 e. The number of carbonyl (C=O) groups excluding carboxylic acids is 1. The molecular weight excluding hydrogens is 246 g/mol. The summed E-state index contributed by atoms with van der Waals surface area (Å²) in [6.45, 7) is 0. The topological polar surface area (TPSA) is 52.3 Å². The van der Waals surface area contributed by atoms with Crippen molar-refractivity contribution < 1.29 is 9.53 Å². The first kappa shape index (κ1) is 12.4. The van der Waals surface area contributed by atoms with E-state index in [0.717, 1.165) is 10.4 Å². The Hall–Kier alpha value is -2.07. The number of nitrogen functional groups attached to an aromatic ring is 1. The maximum Gasteiger partial charge on any atom is 0.348 e. The number of hydrogen-bond donors (Lipinski definition) is 1. The number of hydrogen-bond acceptors (Lipinski definition) is 4. The van der Waals surface area contributed by atoms with Gasteiger partial charge in [0, 0.05) is 0 Å². The minimum atomic E-state index is -0.355. The van der Waals surface area contributed by atoms with E-state index in [1.54, 1.807) is 6.07 Å². The third kappa shape index (κ3) is 2.78.